The molecule has 1 aliphatic heterocycles. The number of ether oxygens (including phenoxy) is 2. The summed E-state index contributed by atoms with van der Waals surface area (Å²) in [5.74, 6) is -0.697. The van der Waals surface area contributed by atoms with Gasteiger partial charge in [0, 0.05) is 21.6 Å². The topological polar surface area (TPSA) is 84.9 Å². The molecule has 0 unspecified atom stereocenters. The van der Waals surface area contributed by atoms with Crippen LogP contribution in [0.5, 0.6) is 0 Å². The minimum Gasteiger partial charge on any atom is -0.465 e. The summed E-state index contributed by atoms with van der Waals surface area (Å²) < 4.78 is 10.1. The fraction of sp³-hybridized carbons (Fsp3) is 0.435. The summed E-state index contributed by atoms with van der Waals surface area (Å²) in [6.45, 7) is 7.12. The van der Waals surface area contributed by atoms with E-state index in [4.69, 9.17) is 9.47 Å². The number of esters is 1. The van der Waals surface area contributed by atoms with Crippen LogP contribution in [0, 0.1) is 0 Å². The van der Waals surface area contributed by atoms with Gasteiger partial charge in [-0.05, 0) is 36.6 Å². The first kappa shape index (κ1) is 24.1. The van der Waals surface area contributed by atoms with Gasteiger partial charge in [0.1, 0.15) is 5.00 Å². The number of rotatable bonds is 7. The maximum atomic E-state index is 12.7. The second kappa shape index (κ2) is 10.9. The van der Waals surface area contributed by atoms with Crippen molar-refractivity contribution < 1.29 is 23.9 Å². The highest BCUT2D eigenvalue weighted by Gasteiger charge is 2.31. The number of carbonyl (C=O) groups is 3. The van der Waals surface area contributed by atoms with Crippen molar-refractivity contribution in [3.8, 4) is 0 Å². The largest absolute Gasteiger partial charge is 0.465 e. The van der Waals surface area contributed by atoms with E-state index in [2.05, 4.69) is 19.2 Å². The molecule has 2 aromatic rings. The van der Waals surface area contributed by atoms with E-state index in [0.29, 0.717) is 41.9 Å². The molecule has 0 saturated heterocycles. The highest BCUT2D eigenvalue weighted by molar-refractivity contribution is 7.99. The second-order valence-corrected chi connectivity index (χ2v) is 10.4. The van der Waals surface area contributed by atoms with Gasteiger partial charge in [0.2, 0.25) is 5.91 Å². The number of nitrogens with zero attached hydrogens (tertiary/aromatic N) is 1. The summed E-state index contributed by atoms with van der Waals surface area (Å²) in [6.07, 6.45) is 0.320. The number of amides is 2. The molecule has 9 heteroatoms. The first-order chi connectivity index (χ1) is 15.3. The Morgan fingerprint density at radius 1 is 1.22 bits per heavy atom. The van der Waals surface area contributed by atoms with Crippen LogP contribution >= 0.6 is 23.1 Å². The van der Waals surface area contributed by atoms with E-state index in [0.717, 1.165) is 20.9 Å². The first-order valence-electron chi connectivity index (χ1n) is 10.5. The smallest absolute Gasteiger partial charge is 0.410 e. The van der Waals surface area contributed by atoms with E-state index in [-0.39, 0.29) is 18.4 Å². The molecule has 0 atom stereocenters. The van der Waals surface area contributed by atoms with Crippen LogP contribution in [0.25, 0.3) is 0 Å². The lowest BCUT2D eigenvalue weighted by Crippen LogP contribution is -2.36. The van der Waals surface area contributed by atoms with E-state index in [9.17, 15) is 14.4 Å². The van der Waals surface area contributed by atoms with Gasteiger partial charge in [0.05, 0.1) is 32.2 Å². The number of benzene rings is 1. The van der Waals surface area contributed by atoms with Crippen LogP contribution < -0.4 is 5.32 Å². The van der Waals surface area contributed by atoms with Crippen LogP contribution in [-0.4, -0.2) is 48.4 Å². The molecule has 32 heavy (non-hydrogen) atoms. The highest BCUT2D eigenvalue weighted by atomic mass is 32.2. The average molecular weight is 477 g/mol. The fourth-order valence-corrected chi connectivity index (χ4v) is 5.60. The third kappa shape index (κ3) is 5.83. The molecule has 0 saturated carbocycles. The molecule has 172 valence electrons. The molecule has 7 nitrogen and oxygen atoms in total. The Kier molecular flexibility index (Phi) is 8.20. The predicted molar refractivity (Wildman–Crippen MR) is 127 cm³/mol. The average Bonchev–Trinajstić information content (AvgIpc) is 3.11. The number of carbonyl (C=O) groups excluding carboxylic acids is 3. The zero-order valence-electron chi connectivity index (χ0n) is 18.7. The third-order valence-corrected chi connectivity index (χ3v) is 7.03. The Morgan fingerprint density at radius 3 is 2.56 bits per heavy atom. The van der Waals surface area contributed by atoms with Gasteiger partial charge >= 0.3 is 12.1 Å². The number of hydrogen-bond donors (Lipinski definition) is 1. The van der Waals surface area contributed by atoms with Crippen molar-refractivity contribution in [2.45, 2.75) is 50.3 Å². The lowest BCUT2D eigenvalue weighted by molar-refractivity contribution is -0.115. The standard InChI is InChI=1S/C23H28N2O5S2/c1-5-30-23(28)25-11-10-17-18(13-25)32-21(20(17)22(27)29-4)24-19(26)12-15-6-8-16(9-7-15)31-14(2)3/h6-9,14H,5,10-13H2,1-4H3,(H,24,26). The van der Waals surface area contributed by atoms with Crippen molar-refractivity contribution in [2.24, 2.45) is 0 Å². The maximum absolute atomic E-state index is 12.7. The minimum absolute atomic E-state index is 0.199. The van der Waals surface area contributed by atoms with Crippen LogP contribution in [0.4, 0.5) is 9.80 Å². The molecule has 2 amide bonds. The molecule has 1 aromatic heterocycles. The van der Waals surface area contributed by atoms with E-state index in [1.165, 1.54) is 18.4 Å². The van der Waals surface area contributed by atoms with Crippen molar-refractivity contribution in [3.63, 3.8) is 0 Å². The molecular weight excluding hydrogens is 448 g/mol. The number of nitrogens with one attached hydrogen (secondary N) is 1. The van der Waals surface area contributed by atoms with Crippen molar-refractivity contribution in [3.05, 3.63) is 45.8 Å². The number of thiophene rings is 1. The Balaban J connectivity index is 1.75. The zero-order chi connectivity index (χ0) is 23.3. The lowest BCUT2D eigenvalue weighted by atomic mass is 10.0. The Bertz CT molecular complexity index is 985. The molecule has 3 rings (SSSR count). The summed E-state index contributed by atoms with van der Waals surface area (Å²) in [4.78, 5) is 40.9. The zero-order valence-corrected chi connectivity index (χ0v) is 20.4. The summed E-state index contributed by atoms with van der Waals surface area (Å²) in [6, 6.07) is 7.92. The van der Waals surface area contributed by atoms with E-state index >= 15 is 0 Å². The Hall–Kier alpha value is -2.52. The van der Waals surface area contributed by atoms with Crippen molar-refractivity contribution in [1.82, 2.24) is 4.90 Å². The lowest BCUT2D eigenvalue weighted by Gasteiger charge is -2.26. The van der Waals surface area contributed by atoms with Gasteiger partial charge in [-0.2, -0.15) is 0 Å². The van der Waals surface area contributed by atoms with Gasteiger partial charge in [-0.1, -0.05) is 26.0 Å². The normalized spacial score (nSPS) is 13.0. The minimum atomic E-state index is -0.488. The Morgan fingerprint density at radius 2 is 1.94 bits per heavy atom. The van der Waals surface area contributed by atoms with Crippen LogP contribution in [0.2, 0.25) is 0 Å². The Labute approximate surface area is 196 Å². The molecule has 0 fully saturated rings. The van der Waals surface area contributed by atoms with Crippen LogP contribution in [-0.2, 0) is 33.7 Å². The number of anilines is 1. The number of hydrogen-bond acceptors (Lipinski definition) is 7. The number of thioether (sulfide) groups is 1. The van der Waals surface area contributed by atoms with Gasteiger partial charge in [-0.15, -0.1) is 23.1 Å². The van der Waals surface area contributed by atoms with Crippen molar-refractivity contribution in [1.29, 1.82) is 0 Å². The quantitative estimate of drug-likeness (QED) is 0.459. The van der Waals surface area contributed by atoms with E-state index < -0.39 is 5.97 Å². The summed E-state index contributed by atoms with van der Waals surface area (Å²) >= 11 is 3.08. The molecular formula is C23H28N2O5S2. The SMILES string of the molecule is CCOC(=O)N1CCc2c(sc(NC(=O)Cc3ccc(SC(C)C)cc3)c2C(=O)OC)C1. The van der Waals surface area contributed by atoms with E-state index in [1.54, 1.807) is 23.6 Å². The highest BCUT2D eigenvalue weighted by Crippen LogP contribution is 2.38. The van der Waals surface area contributed by atoms with Crippen LogP contribution in [0.3, 0.4) is 0 Å². The summed E-state index contributed by atoms with van der Waals surface area (Å²) in [5, 5.41) is 3.84. The maximum Gasteiger partial charge on any atom is 0.410 e. The summed E-state index contributed by atoms with van der Waals surface area (Å²) in [5.41, 5.74) is 2.10. The van der Waals surface area contributed by atoms with Gasteiger partial charge < -0.3 is 19.7 Å². The predicted octanol–water partition coefficient (Wildman–Crippen LogP) is 4.73. The molecule has 0 radical (unpaired) electrons. The third-order valence-electron chi connectivity index (χ3n) is 4.89. The summed E-state index contributed by atoms with van der Waals surface area (Å²) in [7, 11) is 1.32. The molecule has 2 heterocycles. The van der Waals surface area contributed by atoms with Crippen molar-refractivity contribution in [2.75, 3.05) is 25.6 Å². The van der Waals surface area contributed by atoms with Gasteiger partial charge in [-0.3, -0.25) is 4.79 Å². The van der Waals surface area contributed by atoms with Gasteiger partial charge in [-0.25, -0.2) is 9.59 Å². The molecule has 1 N–H and O–H groups in total. The van der Waals surface area contributed by atoms with Gasteiger partial charge in [0.15, 0.2) is 0 Å². The fourth-order valence-electron chi connectivity index (χ4n) is 3.49. The monoisotopic (exact) mass is 476 g/mol. The molecule has 0 bridgehead atoms. The van der Waals surface area contributed by atoms with E-state index in [1.807, 2.05) is 24.3 Å². The van der Waals surface area contributed by atoms with Crippen molar-refractivity contribution >= 4 is 46.1 Å². The molecule has 1 aliphatic rings. The molecule has 0 spiro atoms. The van der Waals surface area contributed by atoms with Crippen LogP contribution in [0.1, 0.15) is 47.1 Å². The van der Waals surface area contributed by atoms with Crippen LogP contribution in [0.15, 0.2) is 29.2 Å². The number of fused-ring (bicyclic) bond motifs is 1. The molecule has 0 aliphatic carbocycles. The first-order valence-corrected chi connectivity index (χ1v) is 12.2. The second-order valence-electron chi connectivity index (χ2n) is 7.61. The van der Waals surface area contributed by atoms with Gasteiger partial charge in [0.25, 0.3) is 0 Å². The number of methoxy groups -OCH3 is 1. The molecule has 1 aromatic carbocycles.